The molecule has 30 heavy (non-hydrogen) atoms. The maximum atomic E-state index is 2.37. The van der Waals surface area contributed by atoms with Crippen molar-refractivity contribution in [2.75, 3.05) is 27.2 Å². The summed E-state index contributed by atoms with van der Waals surface area (Å²) in [6, 6.07) is 37.1. The Morgan fingerprint density at radius 1 is 0.633 bits per heavy atom. The Balaban J connectivity index is 0.000000575. The predicted molar refractivity (Wildman–Crippen MR) is 121 cm³/mol. The van der Waals surface area contributed by atoms with Crippen molar-refractivity contribution in [2.45, 2.75) is 13.1 Å². The van der Waals surface area contributed by atoms with Crippen LogP contribution in [0.15, 0.2) is 109 Å². The zero-order valence-electron chi connectivity index (χ0n) is 17.8. The van der Waals surface area contributed by atoms with Gasteiger partial charge in [-0.15, -0.1) is 5.56 Å². The van der Waals surface area contributed by atoms with Gasteiger partial charge in [-0.3, -0.25) is 0 Å². The van der Waals surface area contributed by atoms with Gasteiger partial charge in [0.2, 0.25) is 0 Å². The van der Waals surface area contributed by atoms with E-state index < -0.39 is 0 Å². The van der Waals surface area contributed by atoms with Gasteiger partial charge in [0.1, 0.15) is 0 Å². The number of rotatable bonds is 7. The molecule has 0 unspecified atom stereocenters. The molecule has 0 fully saturated rings. The van der Waals surface area contributed by atoms with Crippen molar-refractivity contribution in [1.29, 1.82) is 0 Å². The topological polar surface area (TPSA) is 6.48 Å². The van der Waals surface area contributed by atoms with Gasteiger partial charge in [-0.05, 0) is 20.6 Å². The van der Waals surface area contributed by atoms with Crippen molar-refractivity contribution in [2.24, 2.45) is 0 Å². The number of likely N-dealkylation sites (N-methyl/N-ethyl adjacent to an activating group) is 2. The molecular formula is C26H32Fe2N2-8. The van der Waals surface area contributed by atoms with Crippen molar-refractivity contribution in [1.82, 2.24) is 9.80 Å². The zero-order chi connectivity index (χ0) is 19.9. The fourth-order valence-corrected chi connectivity index (χ4v) is 2.80. The zero-order valence-corrected chi connectivity index (χ0v) is 20.0. The molecule has 4 aromatic carbocycles. The van der Waals surface area contributed by atoms with Gasteiger partial charge < -0.3 is 39.6 Å². The smallest absolute Gasteiger partial charge is 0.00975 e. The molecule has 0 heterocycles. The van der Waals surface area contributed by atoms with E-state index in [1.165, 1.54) is 11.1 Å². The van der Waals surface area contributed by atoms with Crippen LogP contribution in [0.4, 0.5) is 0 Å². The molecule has 2 nitrogen and oxygen atoms in total. The van der Waals surface area contributed by atoms with Crippen molar-refractivity contribution in [3.05, 3.63) is 120 Å². The first-order valence-electron chi connectivity index (χ1n) is 9.85. The normalized spacial score (nSPS) is 9.60. The summed E-state index contributed by atoms with van der Waals surface area (Å²) in [4.78, 5) is 4.74. The summed E-state index contributed by atoms with van der Waals surface area (Å²) in [5, 5.41) is 0. The predicted octanol–water partition coefficient (Wildman–Crippen LogP) is 5.49. The monoisotopic (exact) mass is 484 g/mol. The Hall–Kier alpha value is -1.64. The Morgan fingerprint density at radius 2 is 1.07 bits per heavy atom. The maximum absolute atomic E-state index is 2.37. The van der Waals surface area contributed by atoms with E-state index in [-0.39, 0.29) is 34.1 Å². The minimum atomic E-state index is 0. The summed E-state index contributed by atoms with van der Waals surface area (Å²) in [5.74, 6) is 0. The largest absolute Gasteiger partial charge is 0.748 e. The molecule has 0 aromatic heterocycles. The van der Waals surface area contributed by atoms with E-state index in [0.717, 1.165) is 26.2 Å². The average Bonchev–Trinajstić information content (AvgIpc) is 3.51. The molecule has 0 saturated carbocycles. The minimum Gasteiger partial charge on any atom is -0.748 e. The standard InChI is InChI=1S/C16H22N2.2C5H5.2Fe/c1-17(13-15-7-3-4-8-15)11-12-18(2)14-16-9-5-6-10-16;2*1-2-4-5-3-1;;/h3-10H,11-14H2,1-2H3;2*1-5H;;/q-6;2*-1;;. The average molecular weight is 484 g/mol. The minimum absolute atomic E-state index is 0. The molecule has 0 radical (unpaired) electrons. The molecular weight excluding hydrogens is 452 g/mol. The molecule has 4 rings (SSSR count). The first-order valence-corrected chi connectivity index (χ1v) is 9.85. The fourth-order valence-electron chi connectivity index (χ4n) is 2.80. The van der Waals surface area contributed by atoms with Crippen molar-refractivity contribution in [3.63, 3.8) is 0 Å². The van der Waals surface area contributed by atoms with E-state index in [1.54, 1.807) is 0 Å². The summed E-state index contributed by atoms with van der Waals surface area (Å²) >= 11 is 0. The van der Waals surface area contributed by atoms with Crippen LogP contribution in [0.3, 0.4) is 0 Å². The molecule has 0 bridgehead atoms. The molecule has 0 N–H and O–H groups in total. The maximum Gasteiger partial charge on any atom is 0.00975 e. The second kappa shape index (κ2) is 18.2. The third-order valence-corrected chi connectivity index (χ3v) is 4.34. The summed E-state index contributed by atoms with van der Waals surface area (Å²) in [7, 11) is 4.37. The van der Waals surface area contributed by atoms with Gasteiger partial charge in [0.15, 0.2) is 0 Å². The van der Waals surface area contributed by atoms with Crippen LogP contribution >= 0.6 is 0 Å². The molecule has 0 atom stereocenters. The fraction of sp³-hybridized carbons (Fsp3) is 0.231. The summed E-state index contributed by atoms with van der Waals surface area (Å²) < 4.78 is 0. The third kappa shape index (κ3) is 13.6. The van der Waals surface area contributed by atoms with Gasteiger partial charge >= 0.3 is 0 Å². The number of nitrogens with zero attached hydrogens (tertiary/aromatic N) is 2. The molecule has 4 heteroatoms. The van der Waals surface area contributed by atoms with Crippen LogP contribution in [-0.2, 0) is 47.2 Å². The Kier molecular flexibility index (Phi) is 17.2. The van der Waals surface area contributed by atoms with Crippen LogP contribution in [0.1, 0.15) is 11.1 Å². The molecule has 0 spiro atoms. The van der Waals surface area contributed by atoms with E-state index in [1.807, 2.05) is 60.7 Å². The number of hydrogen-bond donors (Lipinski definition) is 0. The molecule has 0 aliphatic heterocycles. The van der Waals surface area contributed by atoms with E-state index >= 15 is 0 Å². The first-order chi connectivity index (χ1) is 13.7. The Bertz CT molecular complexity index is 654. The van der Waals surface area contributed by atoms with E-state index in [0.29, 0.717) is 0 Å². The van der Waals surface area contributed by atoms with Gasteiger partial charge in [0, 0.05) is 47.2 Å². The molecule has 0 saturated heterocycles. The summed E-state index contributed by atoms with van der Waals surface area (Å²) in [5.41, 5.74) is 2.80. The Morgan fingerprint density at radius 3 is 1.47 bits per heavy atom. The van der Waals surface area contributed by atoms with Crippen LogP contribution in [0.5, 0.6) is 0 Å². The quantitative estimate of drug-likeness (QED) is 0.253. The van der Waals surface area contributed by atoms with Gasteiger partial charge in [0.25, 0.3) is 0 Å². The van der Waals surface area contributed by atoms with Gasteiger partial charge in [-0.2, -0.15) is 55.1 Å². The van der Waals surface area contributed by atoms with Crippen LogP contribution in [0.25, 0.3) is 0 Å². The van der Waals surface area contributed by atoms with E-state index in [4.69, 9.17) is 0 Å². The summed E-state index contributed by atoms with van der Waals surface area (Å²) in [6.45, 7) is 4.28. The van der Waals surface area contributed by atoms with Gasteiger partial charge in [0.05, 0.1) is 0 Å². The Labute approximate surface area is 203 Å². The van der Waals surface area contributed by atoms with Gasteiger partial charge in [-0.1, -0.05) is 0 Å². The van der Waals surface area contributed by atoms with Crippen molar-refractivity contribution < 1.29 is 34.1 Å². The molecule has 0 aliphatic rings. The first kappa shape index (κ1) is 28.4. The van der Waals surface area contributed by atoms with E-state index in [2.05, 4.69) is 72.4 Å². The molecule has 4 aromatic rings. The molecule has 170 valence electrons. The van der Waals surface area contributed by atoms with Crippen LogP contribution < -0.4 is 0 Å². The van der Waals surface area contributed by atoms with Crippen molar-refractivity contribution in [3.8, 4) is 0 Å². The second-order valence-electron chi connectivity index (χ2n) is 6.99. The second-order valence-corrected chi connectivity index (χ2v) is 6.99. The molecule has 0 aliphatic carbocycles. The van der Waals surface area contributed by atoms with Crippen LogP contribution in [-0.4, -0.2) is 37.0 Å². The SMILES string of the molecule is CN(CCN(C)C[c-]1[cH-][cH-][cH-][cH-]1)C[c-]1cccc1.[Fe].[Fe].c1cc[cH-]c1.c1cc[cH-]c1. The van der Waals surface area contributed by atoms with Gasteiger partial charge in [-0.25, -0.2) is 36.4 Å². The van der Waals surface area contributed by atoms with Crippen molar-refractivity contribution >= 4 is 0 Å². The third-order valence-electron chi connectivity index (χ3n) is 4.34. The van der Waals surface area contributed by atoms with Crippen LogP contribution in [0, 0.1) is 0 Å². The van der Waals surface area contributed by atoms with Crippen LogP contribution in [0.2, 0.25) is 0 Å². The number of hydrogen-bond acceptors (Lipinski definition) is 2. The van der Waals surface area contributed by atoms with E-state index in [9.17, 15) is 0 Å². The summed E-state index contributed by atoms with van der Waals surface area (Å²) in [6.07, 6.45) is 0. The molecule has 0 amide bonds.